The molecule has 4 rings (SSSR count). The van der Waals surface area contributed by atoms with E-state index in [4.69, 9.17) is 4.74 Å². The Kier molecular flexibility index (Phi) is 5.44. The molecule has 2 N–H and O–H groups in total. The van der Waals surface area contributed by atoms with Crippen LogP contribution in [0, 0.1) is 18.6 Å². The first-order valence-corrected chi connectivity index (χ1v) is 9.59. The number of rotatable bonds is 5. The fraction of sp³-hybridized carbons (Fsp3) is 0.333. The normalized spacial score (nSPS) is 16.7. The fourth-order valence-corrected chi connectivity index (χ4v) is 3.59. The van der Waals surface area contributed by atoms with E-state index in [2.05, 4.69) is 15.6 Å². The van der Waals surface area contributed by atoms with Crippen molar-refractivity contribution in [1.82, 2.24) is 20.0 Å². The average Bonchev–Trinajstić information content (AvgIpc) is 3.05. The lowest BCUT2D eigenvalue weighted by Crippen LogP contribution is -2.46. The first-order chi connectivity index (χ1) is 14.0. The van der Waals surface area contributed by atoms with E-state index in [-0.39, 0.29) is 24.1 Å². The summed E-state index contributed by atoms with van der Waals surface area (Å²) < 4.78 is 35.0. The molecule has 1 atom stereocenters. The SMILES string of the molecule is Cc1nc2c(OCc3c(F)cccc3F)cccn2c1C(=O)N[C@H]1CCCNC1. The molecule has 0 aliphatic carbocycles. The molecule has 152 valence electrons. The molecule has 1 fully saturated rings. The number of halogens is 2. The van der Waals surface area contributed by atoms with Crippen LogP contribution < -0.4 is 15.4 Å². The molecule has 1 saturated heterocycles. The molecular formula is C21H22F2N4O2. The number of hydrogen-bond donors (Lipinski definition) is 2. The smallest absolute Gasteiger partial charge is 0.270 e. The molecule has 3 aromatic rings. The van der Waals surface area contributed by atoms with Crippen molar-refractivity contribution >= 4 is 11.6 Å². The summed E-state index contributed by atoms with van der Waals surface area (Å²) in [5, 5.41) is 6.31. The molecule has 6 nitrogen and oxygen atoms in total. The van der Waals surface area contributed by atoms with Gasteiger partial charge in [0.05, 0.1) is 11.3 Å². The van der Waals surface area contributed by atoms with Crippen molar-refractivity contribution in [2.45, 2.75) is 32.4 Å². The standard InChI is InChI=1S/C21H22F2N4O2/c1-13-19(21(28)26-14-5-3-9-24-11-14)27-10-4-8-18(20(27)25-13)29-12-15-16(22)6-2-7-17(15)23/h2,4,6-8,10,14,24H,3,5,9,11-12H2,1H3,(H,26,28)/t14-/m0/s1. The molecular weight excluding hydrogens is 378 g/mol. The third-order valence-corrected chi connectivity index (χ3v) is 5.07. The Labute approximate surface area is 166 Å². The minimum absolute atomic E-state index is 0.0738. The number of nitrogens with zero attached hydrogens (tertiary/aromatic N) is 2. The monoisotopic (exact) mass is 400 g/mol. The van der Waals surface area contributed by atoms with Crippen molar-refractivity contribution < 1.29 is 18.3 Å². The van der Waals surface area contributed by atoms with Gasteiger partial charge in [0.25, 0.3) is 5.91 Å². The molecule has 3 heterocycles. The summed E-state index contributed by atoms with van der Waals surface area (Å²) in [6, 6.07) is 7.12. The number of carbonyl (C=O) groups excluding carboxylic acids is 1. The maximum absolute atomic E-state index is 13.9. The summed E-state index contributed by atoms with van der Waals surface area (Å²) in [5.41, 5.74) is 1.25. The quantitative estimate of drug-likeness (QED) is 0.691. The lowest BCUT2D eigenvalue weighted by atomic mass is 10.1. The van der Waals surface area contributed by atoms with E-state index >= 15 is 0 Å². The van der Waals surface area contributed by atoms with E-state index in [1.165, 1.54) is 18.2 Å². The summed E-state index contributed by atoms with van der Waals surface area (Å²) in [4.78, 5) is 17.3. The van der Waals surface area contributed by atoms with Crippen LogP contribution in [0.3, 0.4) is 0 Å². The van der Waals surface area contributed by atoms with Crippen LogP contribution in [-0.2, 0) is 6.61 Å². The molecule has 0 spiro atoms. The number of piperidine rings is 1. The highest BCUT2D eigenvalue weighted by Gasteiger charge is 2.22. The summed E-state index contributed by atoms with van der Waals surface area (Å²) in [6.45, 7) is 3.18. The van der Waals surface area contributed by atoms with Gasteiger partial charge in [0.2, 0.25) is 0 Å². The predicted octanol–water partition coefficient (Wildman–Crippen LogP) is 2.98. The molecule has 0 bridgehead atoms. The van der Waals surface area contributed by atoms with Gasteiger partial charge in [0.1, 0.15) is 23.9 Å². The third-order valence-electron chi connectivity index (χ3n) is 5.07. The van der Waals surface area contributed by atoms with Crippen LogP contribution in [-0.4, -0.2) is 34.4 Å². The Bertz CT molecular complexity index is 1020. The topological polar surface area (TPSA) is 67.7 Å². The van der Waals surface area contributed by atoms with Gasteiger partial charge < -0.3 is 15.4 Å². The van der Waals surface area contributed by atoms with Crippen molar-refractivity contribution in [1.29, 1.82) is 0 Å². The molecule has 8 heteroatoms. The summed E-state index contributed by atoms with van der Waals surface area (Å²) in [5.74, 6) is -1.20. The number of aromatic nitrogens is 2. The summed E-state index contributed by atoms with van der Waals surface area (Å²) >= 11 is 0. The van der Waals surface area contributed by atoms with Gasteiger partial charge in [0, 0.05) is 18.8 Å². The maximum Gasteiger partial charge on any atom is 0.270 e. The highest BCUT2D eigenvalue weighted by atomic mass is 19.1. The largest absolute Gasteiger partial charge is 0.485 e. The number of ether oxygens (including phenoxy) is 1. The predicted molar refractivity (Wildman–Crippen MR) is 104 cm³/mol. The molecule has 0 unspecified atom stereocenters. The van der Waals surface area contributed by atoms with E-state index in [0.29, 0.717) is 22.8 Å². The Morgan fingerprint density at radius 1 is 1.31 bits per heavy atom. The molecule has 0 saturated carbocycles. The first-order valence-electron chi connectivity index (χ1n) is 9.59. The summed E-state index contributed by atoms with van der Waals surface area (Å²) in [6.07, 6.45) is 3.67. The molecule has 1 aromatic carbocycles. The van der Waals surface area contributed by atoms with Gasteiger partial charge >= 0.3 is 0 Å². The number of imidazole rings is 1. The van der Waals surface area contributed by atoms with Gasteiger partial charge in [-0.3, -0.25) is 9.20 Å². The maximum atomic E-state index is 13.9. The minimum Gasteiger partial charge on any atom is -0.485 e. The second kappa shape index (κ2) is 8.16. The molecule has 2 aromatic heterocycles. The lowest BCUT2D eigenvalue weighted by molar-refractivity contribution is 0.0924. The van der Waals surface area contributed by atoms with Crippen LogP contribution in [0.1, 0.15) is 34.6 Å². The van der Waals surface area contributed by atoms with E-state index in [1.54, 1.807) is 29.7 Å². The number of benzene rings is 1. The van der Waals surface area contributed by atoms with Crippen LogP contribution in [0.5, 0.6) is 5.75 Å². The van der Waals surface area contributed by atoms with Crippen LogP contribution in [0.4, 0.5) is 8.78 Å². The highest BCUT2D eigenvalue weighted by molar-refractivity contribution is 5.95. The molecule has 0 radical (unpaired) electrons. The number of fused-ring (bicyclic) bond motifs is 1. The van der Waals surface area contributed by atoms with Crippen molar-refractivity contribution in [3.8, 4) is 5.75 Å². The third kappa shape index (κ3) is 3.93. The molecule has 1 amide bonds. The summed E-state index contributed by atoms with van der Waals surface area (Å²) in [7, 11) is 0. The van der Waals surface area contributed by atoms with Crippen molar-refractivity contribution in [2.75, 3.05) is 13.1 Å². The number of nitrogens with one attached hydrogen (secondary N) is 2. The number of amides is 1. The zero-order chi connectivity index (χ0) is 20.4. The minimum atomic E-state index is -0.669. The van der Waals surface area contributed by atoms with Crippen LogP contribution >= 0.6 is 0 Å². The molecule has 1 aliphatic rings. The van der Waals surface area contributed by atoms with Crippen LogP contribution in [0.25, 0.3) is 5.65 Å². The van der Waals surface area contributed by atoms with Gasteiger partial charge in [0.15, 0.2) is 11.4 Å². The van der Waals surface area contributed by atoms with Crippen molar-refractivity contribution in [3.63, 3.8) is 0 Å². The van der Waals surface area contributed by atoms with E-state index in [9.17, 15) is 13.6 Å². The van der Waals surface area contributed by atoms with Gasteiger partial charge in [-0.2, -0.15) is 0 Å². The number of pyridine rings is 1. The number of hydrogen-bond acceptors (Lipinski definition) is 4. The number of carbonyl (C=O) groups is 1. The zero-order valence-electron chi connectivity index (χ0n) is 16.0. The van der Waals surface area contributed by atoms with Gasteiger partial charge in [-0.15, -0.1) is 0 Å². The molecule has 1 aliphatic heterocycles. The van der Waals surface area contributed by atoms with Crippen molar-refractivity contribution in [2.24, 2.45) is 0 Å². The van der Waals surface area contributed by atoms with Gasteiger partial charge in [-0.1, -0.05) is 6.07 Å². The van der Waals surface area contributed by atoms with Crippen LogP contribution in [0.2, 0.25) is 0 Å². The Balaban J connectivity index is 1.59. The second-order valence-corrected chi connectivity index (χ2v) is 7.12. The van der Waals surface area contributed by atoms with Crippen molar-refractivity contribution in [3.05, 3.63) is 65.1 Å². The second-order valence-electron chi connectivity index (χ2n) is 7.12. The van der Waals surface area contributed by atoms with E-state index in [1.807, 2.05) is 0 Å². The average molecular weight is 400 g/mol. The van der Waals surface area contributed by atoms with E-state index < -0.39 is 11.6 Å². The number of aryl methyl sites for hydroxylation is 1. The Morgan fingerprint density at radius 2 is 2.10 bits per heavy atom. The Hall–Kier alpha value is -3.00. The fourth-order valence-electron chi connectivity index (χ4n) is 3.59. The van der Waals surface area contributed by atoms with Gasteiger partial charge in [-0.25, -0.2) is 13.8 Å². The van der Waals surface area contributed by atoms with E-state index in [0.717, 1.165) is 25.9 Å². The lowest BCUT2D eigenvalue weighted by Gasteiger charge is -2.23. The van der Waals surface area contributed by atoms with Crippen LogP contribution in [0.15, 0.2) is 36.5 Å². The van der Waals surface area contributed by atoms with Gasteiger partial charge in [-0.05, 0) is 50.6 Å². The zero-order valence-corrected chi connectivity index (χ0v) is 16.0. The Morgan fingerprint density at radius 3 is 2.83 bits per heavy atom. The highest BCUT2D eigenvalue weighted by Crippen LogP contribution is 2.24. The first kappa shape index (κ1) is 19.3. The molecule has 29 heavy (non-hydrogen) atoms.